The van der Waals surface area contributed by atoms with E-state index >= 15 is 0 Å². The molecule has 1 amide bonds. The van der Waals surface area contributed by atoms with Crippen LogP contribution in [0, 0.1) is 6.92 Å². The standard InChI is InChI=1S/C15H16Cl2N4O4S/c1-9-4-14(21(20-9)10-2-3-26(23,24)8-10)19-15(22)7-25-12-6-18-13(17)5-11(12)16/h4-6,10H,2-3,7-8H2,1H3,(H,19,22). The lowest BCUT2D eigenvalue weighted by atomic mass is 10.3. The summed E-state index contributed by atoms with van der Waals surface area (Å²) in [4.78, 5) is 16.0. The van der Waals surface area contributed by atoms with Crippen LogP contribution in [0.2, 0.25) is 10.2 Å². The Morgan fingerprint density at radius 1 is 1.42 bits per heavy atom. The molecule has 3 heterocycles. The fourth-order valence-corrected chi connectivity index (χ4v) is 4.79. The molecule has 0 aliphatic carbocycles. The van der Waals surface area contributed by atoms with Crippen LogP contribution in [0.4, 0.5) is 5.82 Å². The zero-order valence-corrected chi connectivity index (χ0v) is 16.1. The number of carbonyl (C=O) groups is 1. The minimum Gasteiger partial charge on any atom is -0.481 e. The Morgan fingerprint density at radius 3 is 2.85 bits per heavy atom. The molecular formula is C15H16Cl2N4O4S. The number of rotatable bonds is 5. The van der Waals surface area contributed by atoms with Gasteiger partial charge < -0.3 is 10.1 Å². The predicted molar refractivity (Wildman–Crippen MR) is 97.7 cm³/mol. The van der Waals surface area contributed by atoms with Gasteiger partial charge in [0.15, 0.2) is 22.2 Å². The highest BCUT2D eigenvalue weighted by molar-refractivity contribution is 7.91. The van der Waals surface area contributed by atoms with E-state index in [1.165, 1.54) is 12.3 Å². The molecule has 0 radical (unpaired) electrons. The second-order valence-electron chi connectivity index (χ2n) is 5.95. The Labute approximate surface area is 160 Å². The first kappa shape index (κ1) is 18.9. The highest BCUT2D eigenvalue weighted by atomic mass is 35.5. The average Bonchev–Trinajstić information content (AvgIpc) is 3.08. The molecule has 0 bridgehead atoms. The van der Waals surface area contributed by atoms with E-state index in [0.29, 0.717) is 17.9 Å². The van der Waals surface area contributed by atoms with Gasteiger partial charge in [0.2, 0.25) is 0 Å². The molecule has 1 atom stereocenters. The molecule has 3 rings (SSSR count). The van der Waals surface area contributed by atoms with Crippen LogP contribution in [-0.2, 0) is 14.6 Å². The summed E-state index contributed by atoms with van der Waals surface area (Å²) < 4.78 is 30.3. The molecule has 8 nitrogen and oxygen atoms in total. The normalized spacial score (nSPS) is 18.7. The summed E-state index contributed by atoms with van der Waals surface area (Å²) in [7, 11) is -3.06. The maximum Gasteiger partial charge on any atom is 0.263 e. The Balaban J connectivity index is 1.66. The van der Waals surface area contributed by atoms with Crippen LogP contribution < -0.4 is 10.1 Å². The summed E-state index contributed by atoms with van der Waals surface area (Å²) in [6.45, 7) is 1.47. The molecular weight excluding hydrogens is 403 g/mol. The quantitative estimate of drug-likeness (QED) is 0.746. The highest BCUT2D eigenvalue weighted by Gasteiger charge is 2.31. The van der Waals surface area contributed by atoms with Crippen LogP contribution in [0.25, 0.3) is 0 Å². The van der Waals surface area contributed by atoms with Crippen LogP contribution in [-0.4, -0.2) is 47.2 Å². The molecule has 26 heavy (non-hydrogen) atoms. The van der Waals surface area contributed by atoms with Gasteiger partial charge in [-0.2, -0.15) is 5.10 Å². The minimum absolute atomic E-state index is 0.0134. The number of carbonyl (C=O) groups excluding carboxylic acids is 1. The van der Waals surface area contributed by atoms with E-state index in [1.54, 1.807) is 17.7 Å². The number of aryl methyl sites for hydroxylation is 1. The first-order valence-corrected chi connectivity index (χ1v) is 10.3. The van der Waals surface area contributed by atoms with Crippen LogP contribution in [0.3, 0.4) is 0 Å². The number of aromatic nitrogens is 3. The first-order valence-electron chi connectivity index (χ1n) is 7.74. The molecule has 0 spiro atoms. The van der Waals surface area contributed by atoms with Crippen molar-refractivity contribution in [1.29, 1.82) is 0 Å². The summed E-state index contributed by atoms with van der Waals surface area (Å²) in [5.41, 5.74) is 0.676. The van der Waals surface area contributed by atoms with Gasteiger partial charge in [-0.05, 0) is 19.4 Å². The third-order valence-electron chi connectivity index (χ3n) is 3.82. The van der Waals surface area contributed by atoms with Gasteiger partial charge in [-0.1, -0.05) is 23.2 Å². The van der Waals surface area contributed by atoms with Gasteiger partial charge in [-0.3, -0.25) is 4.79 Å². The maximum atomic E-state index is 12.2. The Bertz CT molecular complexity index is 945. The number of halogens is 2. The van der Waals surface area contributed by atoms with Gasteiger partial charge in [0, 0.05) is 6.07 Å². The number of amides is 1. The topological polar surface area (TPSA) is 103 Å². The van der Waals surface area contributed by atoms with Crippen molar-refractivity contribution in [3.8, 4) is 5.75 Å². The van der Waals surface area contributed by atoms with Crippen molar-refractivity contribution in [1.82, 2.24) is 14.8 Å². The van der Waals surface area contributed by atoms with E-state index in [1.807, 2.05) is 0 Å². The van der Waals surface area contributed by atoms with E-state index in [0.717, 1.165) is 0 Å². The molecule has 1 aliphatic heterocycles. The largest absolute Gasteiger partial charge is 0.481 e. The summed E-state index contributed by atoms with van der Waals surface area (Å²) in [6.07, 6.45) is 1.80. The number of sulfone groups is 1. The molecule has 140 valence electrons. The molecule has 2 aromatic heterocycles. The van der Waals surface area contributed by atoms with Gasteiger partial charge in [0.1, 0.15) is 11.0 Å². The second kappa shape index (κ2) is 7.42. The summed E-state index contributed by atoms with van der Waals surface area (Å²) in [6, 6.07) is 2.80. The average molecular weight is 419 g/mol. The Hall–Kier alpha value is -1.84. The van der Waals surface area contributed by atoms with Crippen LogP contribution in [0.5, 0.6) is 5.75 Å². The summed E-state index contributed by atoms with van der Waals surface area (Å²) in [5.74, 6) is 0.364. The van der Waals surface area contributed by atoms with E-state index in [4.69, 9.17) is 27.9 Å². The van der Waals surface area contributed by atoms with Gasteiger partial charge in [0.05, 0.1) is 34.5 Å². The number of hydrogen-bond acceptors (Lipinski definition) is 6. The number of nitrogens with one attached hydrogen (secondary N) is 1. The number of anilines is 1. The molecule has 2 aromatic rings. The van der Waals surface area contributed by atoms with E-state index in [2.05, 4.69) is 15.4 Å². The molecule has 0 saturated carbocycles. The second-order valence-corrected chi connectivity index (χ2v) is 8.97. The van der Waals surface area contributed by atoms with Crippen LogP contribution in [0.15, 0.2) is 18.3 Å². The van der Waals surface area contributed by atoms with Crippen molar-refractivity contribution in [2.24, 2.45) is 0 Å². The SMILES string of the molecule is Cc1cc(NC(=O)COc2cnc(Cl)cc2Cl)n(C2CCS(=O)(=O)C2)n1. The van der Waals surface area contributed by atoms with Gasteiger partial charge in [-0.15, -0.1) is 0 Å². The van der Waals surface area contributed by atoms with Gasteiger partial charge in [0.25, 0.3) is 5.91 Å². The molecule has 1 saturated heterocycles. The fourth-order valence-electron chi connectivity index (χ4n) is 2.68. The number of nitrogens with zero attached hydrogens (tertiary/aromatic N) is 3. The Kier molecular flexibility index (Phi) is 5.40. The predicted octanol–water partition coefficient (Wildman–Crippen LogP) is 2.27. The number of pyridine rings is 1. The smallest absolute Gasteiger partial charge is 0.263 e. The summed E-state index contributed by atoms with van der Waals surface area (Å²) >= 11 is 11.7. The van der Waals surface area contributed by atoms with Crippen molar-refractivity contribution in [2.45, 2.75) is 19.4 Å². The number of hydrogen-bond donors (Lipinski definition) is 1. The van der Waals surface area contributed by atoms with Crippen molar-refractivity contribution >= 4 is 44.8 Å². The summed E-state index contributed by atoms with van der Waals surface area (Å²) in [5, 5.41) is 7.46. The van der Waals surface area contributed by atoms with Crippen molar-refractivity contribution in [3.63, 3.8) is 0 Å². The molecule has 1 fully saturated rings. The molecule has 1 unspecified atom stereocenters. The van der Waals surface area contributed by atoms with Crippen molar-refractivity contribution in [2.75, 3.05) is 23.4 Å². The van der Waals surface area contributed by atoms with Crippen LogP contribution >= 0.6 is 23.2 Å². The lowest BCUT2D eigenvalue weighted by Gasteiger charge is -2.14. The third-order valence-corrected chi connectivity index (χ3v) is 6.08. The van der Waals surface area contributed by atoms with Gasteiger partial charge >= 0.3 is 0 Å². The lowest BCUT2D eigenvalue weighted by molar-refractivity contribution is -0.118. The Morgan fingerprint density at radius 2 is 2.19 bits per heavy atom. The monoisotopic (exact) mass is 418 g/mol. The first-order chi connectivity index (χ1) is 12.2. The minimum atomic E-state index is -3.06. The van der Waals surface area contributed by atoms with E-state index in [9.17, 15) is 13.2 Å². The molecule has 1 aliphatic rings. The highest BCUT2D eigenvalue weighted by Crippen LogP contribution is 2.28. The third kappa shape index (κ3) is 4.46. The van der Waals surface area contributed by atoms with Crippen molar-refractivity contribution in [3.05, 3.63) is 34.2 Å². The zero-order valence-electron chi connectivity index (χ0n) is 13.8. The molecule has 11 heteroatoms. The zero-order chi connectivity index (χ0) is 18.9. The van der Waals surface area contributed by atoms with E-state index in [-0.39, 0.29) is 40.1 Å². The van der Waals surface area contributed by atoms with Crippen LogP contribution in [0.1, 0.15) is 18.2 Å². The molecule has 1 N–H and O–H groups in total. The number of ether oxygens (including phenoxy) is 1. The van der Waals surface area contributed by atoms with Gasteiger partial charge in [-0.25, -0.2) is 18.1 Å². The maximum absolute atomic E-state index is 12.2. The fraction of sp³-hybridized carbons (Fsp3) is 0.400. The van der Waals surface area contributed by atoms with Crippen molar-refractivity contribution < 1.29 is 17.9 Å². The van der Waals surface area contributed by atoms with E-state index < -0.39 is 15.7 Å². The molecule has 0 aromatic carbocycles. The lowest BCUT2D eigenvalue weighted by Crippen LogP contribution is -2.24.